The fourth-order valence-corrected chi connectivity index (χ4v) is 2.64. The number of aromatic nitrogens is 4. The molecule has 0 aliphatic heterocycles. The van der Waals surface area contributed by atoms with Gasteiger partial charge in [0.15, 0.2) is 5.82 Å². The number of carbonyl (C=O) groups is 1. The number of nitrogens with two attached hydrogens (primary N) is 1. The van der Waals surface area contributed by atoms with E-state index in [-0.39, 0.29) is 5.95 Å². The summed E-state index contributed by atoms with van der Waals surface area (Å²) >= 11 is 0. The normalized spacial score (nSPS) is 10.5. The van der Waals surface area contributed by atoms with E-state index in [1.54, 1.807) is 27.0 Å². The number of ether oxygens (including phenoxy) is 2. The number of nitrogen functional groups attached to an aromatic ring is 1. The summed E-state index contributed by atoms with van der Waals surface area (Å²) in [5, 5.41) is 7.45. The van der Waals surface area contributed by atoms with Gasteiger partial charge in [0.1, 0.15) is 17.1 Å². The van der Waals surface area contributed by atoms with Gasteiger partial charge in [0.05, 0.1) is 25.6 Å². The molecule has 1 aromatic carbocycles. The Morgan fingerprint density at radius 2 is 2.00 bits per heavy atom. The molecule has 0 spiro atoms. The molecule has 146 valence electrons. The van der Waals surface area contributed by atoms with Crippen LogP contribution in [0.5, 0.6) is 5.75 Å². The lowest BCUT2D eigenvalue weighted by Gasteiger charge is -2.10. The predicted molar refractivity (Wildman–Crippen MR) is 105 cm³/mol. The molecular weight excluding hydrogens is 360 g/mol. The maximum Gasteiger partial charge on any atom is 0.341 e. The molecule has 0 radical (unpaired) electrons. The van der Waals surface area contributed by atoms with Crippen molar-refractivity contribution in [3.05, 3.63) is 53.3 Å². The highest BCUT2D eigenvalue weighted by Crippen LogP contribution is 2.18. The van der Waals surface area contributed by atoms with Gasteiger partial charge >= 0.3 is 5.97 Å². The minimum atomic E-state index is -0.425. The molecule has 3 N–H and O–H groups in total. The van der Waals surface area contributed by atoms with Crippen LogP contribution >= 0.6 is 0 Å². The molecule has 28 heavy (non-hydrogen) atoms. The van der Waals surface area contributed by atoms with E-state index in [2.05, 4.69) is 20.4 Å². The van der Waals surface area contributed by atoms with Crippen LogP contribution < -0.4 is 15.8 Å². The van der Waals surface area contributed by atoms with E-state index in [0.717, 1.165) is 11.3 Å². The summed E-state index contributed by atoms with van der Waals surface area (Å²) in [6.45, 7) is 4.36. The van der Waals surface area contributed by atoms with E-state index in [9.17, 15) is 4.79 Å². The van der Waals surface area contributed by atoms with Gasteiger partial charge in [-0.3, -0.25) is 0 Å². The molecule has 0 unspecified atom stereocenters. The van der Waals surface area contributed by atoms with Gasteiger partial charge in [0.2, 0.25) is 5.95 Å². The number of hydrogen-bond donors (Lipinski definition) is 2. The lowest BCUT2D eigenvalue weighted by molar-refractivity contribution is 0.0525. The predicted octanol–water partition coefficient (Wildman–Crippen LogP) is 2.35. The van der Waals surface area contributed by atoms with E-state index >= 15 is 0 Å². The Labute approximate surface area is 162 Å². The van der Waals surface area contributed by atoms with Gasteiger partial charge < -0.3 is 20.5 Å². The second-order valence-electron chi connectivity index (χ2n) is 5.95. The number of methoxy groups -OCH3 is 1. The fraction of sp³-hybridized carbons (Fsp3) is 0.263. The molecule has 0 saturated heterocycles. The van der Waals surface area contributed by atoms with Crippen LogP contribution in [0.2, 0.25) is 0 Å². The van der Waals surface area contributed by atoms with Gasteiger partial charge in [-0.2, -0.15) is 15.1 Å². The van der Waals surface area contributed by atoms with Crippen LogP contribution in [0.3, 0.4) is 0 Å². The molecule has 3 rings (SSSR count). The van der Waals surface area contributed by atoms with Crippen LogP contribution in [0.4, 0.5) is 11.8 Å². The third-order valence-electron chi connectivity index (χ3n) is 4.08. The average Bonchev–Trinajstić information content (AvgIpc) is 3.08. The first-order valence-corrected chi connectivity index (χ1v) is 8.75. The van der Waals surface area contributed by atoms with E-state index < -0.39 is 5.97 Å². The lowest BCUT2D eigenvalue weighted by atomic mass is 10.2. The highest BCUT2D eigenvalue weighted by atomic mass is 16.5. The quantitative estimate of drug-likeness (QED) is 0.598. The number of benzene rings is 1. The summed E-state index contributed by atoms with van der Waals surface area (Å²) in [5.74, 6) is 1.47. The van der Waals surface area contributed by atoms with Crippen molar-refractivity contribution < 1.29 is 14.3 Å². The maximum absolute atomic E-state index is 12.0. The zero-order valence-corrected chi connectivity index (χ0v) is 16.0. The minimum Gasteiger partial charge on any atom is -0.497 e. The van der Waals surface area contributed by atoms with Crippen LogP contribution in [0.25, 0.3) is 5.82 Å². The molecule has 9 heteroatoms. The Balaban J connectivity index is 1.80. The van der Waals surface area contributed by atoms with Crippen molar-refractivity contribution in [1.82, 2.24) is 19.7 Å². The third kappa shape index (κ3) is 4.20. The van der Waals surface area contributed by atoms with Crippen LogP contribution in [-0.2, 0) is 11.3 Å². The molecule has 2 heterocycles. The van der Waals surface area contributed by atoms with Crippen LogP contribution in [0.15, 0.2) is 36.5 Å². The molecule has 9 nitrogen and oxygen atoms in total. The fourth-order valence-electron chi connectivity index (χ4n) is 2.64. The highest BCUT2D eigenvalue weighted by Gasteiger charge is 2.17. The highest BCUT2D eigenvalue weighted by molar-refractivity contribution is 5.90. The summed E-state index contributed by atoms with van der Waals surface area (Å²) in [6.07, 6.45) is 1.45. The lowest BCUT2D eigenvalue weighted by Crippen LogP contribution is -2.10. The van der Waals surface area contributed by atoms with Gasteiger partial charge in [-0.05, 0) is 31.5 Å². The van der Waals surface area contributed by atoms with Gasteiger partial charge in [0.25, 0.3) is 0 Å². The topological polar surface area (TPSA) is 117 Å². The van der Waals surface area contributed by atoms with Crippen molar-refractivity contribution in [1.29, 1.82) is 0 Å². The maximum atomic E-state index is 12.0. The summed E-state index contributed by atoms with van der Waals surface area (Å²) in [7, 11) is 1.63. The van der Waals surface area contributed by atoms with Crippen molar-refractivity contribution in [3.8, 4) is 11.6 Å². The molecule has 0 amide bonds. The largest absolute Gasteiger partial charge is 0.497 e. The number of rotatable bonds is 7. The Morgan fingerprint density at radius 3 is 2.68 bits per heavy atom. The zero-order valence-electron chi connectivity index (χ0n) is 16.0. The van der Waals surface area contributed by atoms with Crippen LogP contribution in [-0.4, -0.2) is 39.4 Å². The SMILES string of the molecule is CCOC(=O)c1cnn(-c2cc(NCc3ccc(OC)cc3)nc(N)n2)c1C. The first-order valence-electron chi connectivity index (χ1n) is 8.75. The number of nitrogens with one attached hydrogen (secondary N) is 1. The zero-order chi connectivity index (χ0) is 20.1. The summed E-state index contributed by atoms with van der Waals surface area (Å²) in [6, 6.07) is 9.41. The van der Waals surface area contributed by atoms with Crippen molar-refractivity contribution >= 4 is 17.7 Å². The van der Waals surface area contributed by atoms with Crippen LogP contribution in [0.1, 0.15) is 28.5 Å². The Kier molecular flexibility index (Phi) is 5.73. The van der Waals surface area contributed by atoms with E-state index in [4.69, 9.17) is 15.2 Å². The molecule has 2 aromatic heterocycles. The molecule has 0 fully saturated rings. The number of carbonyl (C=O) groups excluding carboxylic acids is 1. The van der Waals surface area contributed by atoms with E-state index in [1.807, 2.05) is 24.3 Å². The Hall–Kier alpha value is -3.62. The van der Waals surface area contributed by atoms with Gasteiger partial charge in [0, 0.05) is 12.6 Å². The van der Waals surface area contributed by atoms with Crippen LogP contribution in [0, 0.1) is 6.92 Å². The van der Waals surface area contributed by atoms with Gasteiger partial charge in [-0.15, -0.1) is 0 Å². The van der Waals surface area contributed by atoms with Crippen molar-refractivity contribution in [2.24, 2.45) is 0 Å². The Bertz CT molecular complexity index is 968. The summed E-state index contributed by atoms with van der Waals surface area (Å²) in [5.41, 5.74) is 7.90. The standard InChI is InChI=1S/C19H22N6O3/c1-4-28-18(26)15-11-22-25(12(15)2)17-9-16(23-19(20)24-17)21-10-13-5-7-14(27-3)8-6-13/h5-9,11H,4,10H2,1-3H3,(H3,20,21,23,24). The number of anilines is 2. The molecule has 0 aliphatic carbocycles. The Morgan fingerprint density at radius 1 is 1.25 bits per heavy atom. The monoisotopic (exact) mass is 382 g/mol. The summed E-state index contributed by atoms with van der Waals surface area (Å²) < 4.78 is 11.7. The number of hydrogen-bond acceptors (Lipinski definition) is 8. The third-order valence-corrected chi connectivity index (χ3v) is 4.08. The minimum absolute atomic E-state index is 0.0994. The number of nitrogens with zero attached hydrogens (tertiary/aromatic N) is 4. The van der Waals surface area contributed by atoms with Gasteiger partial charge in [-0.25, -0.2) is 9.48 Å². The first-order chi connectivity index (χ1) is 13.5. The molecule has 0 saturated carbocycles. The molecule has 3 aromatic rings. The second kappa shape index (κ2) is 8.38. The van der Waals surface area contributed by atoms with Crippen molar-refractivity contribution in [2.45, 2.75) is 20.4 Å². The first kappa shape index (κ1) is 19.2. The average molecular weight is 382 g/mol. The molecular formula is C19H22N6O3. The van der Waals surface area contributed by atoms with Crippen molar-refractivity contribution in [3.63, 3.8) is 0 Å². The van der Waals surface area contributed by atoms with E-state index in [0.29, 0.717) is 36.0 Å². The van der Waals surface area contributed by atoms with E-state index in [1.165, 1.54) is 10.9 Å². The molecule has 0 atom stereocenters. The van der Waals surface area contributed by atoms with Gasteiger partial charge in [-0.1, -0.05) is 12.1 Å². The summed E-state index contributed by atoms with van der Waals surface area (Å²) in [4.78, 5) is 20.4. The second-order valence-corrected chi connectivity index (χ2v) is 5.95. The molecule has 0 aliphatic rings. The molecule has 0 bridgehead atoms. The van der Waals surface area contributed by atoms with Crippen molar-refractivity contribution in [2.75, 3.05) is 24.8 Å². The smallest absolute Gasteiger partial charge is 0.341 e. The number of esters is 1.